The maximum Gasteiger partial charge on any atom is 0.193 e. The van der Waals surface area contributed by atoms with E-state index < -0.39 is 0 Å². The van der Waals surface area contributed by atoms with E-state index in [1.807, 2.05) is 0 Å². The lowest BCUT2D eigenvalue weighted by Gasteiger charge is -2.07. The third kappa shape index (κ3) is 2.78. The molecule has 0 fully saturated rings. The van der Waals surface area contributed by atoms with E-state index in [4.69, 9.17) is 22.1 Å². The van der Waals surface area contributed by atoms with Gasteiger partial charge in [0.2, 0.25) is 0 Å². The van der Waals surface area contributed by atoms with Gasteiger partial charge in [0.1, 0.15) is 16.4 Å². The molecule has 0 aromatic carbocycles. The Kier molecular flexibility index (Phi) is 3.65. The molecule has 0 aliphatic carbocycles. The fraction of sp³-hybridized carbons (Fsp3) is 0.100. The van der Waals surface area contributed by atoms with Crippen LogP contribution in [0, 0.1) is 0 Å². The number of rotatable bonds is 3. The summed E-state index contributed by atoms with van der Waals surface area (Å²) >= 11 is 7.09. The molecule has 0 saturated heterocycles. The summed E-state index contributed by atoms with van der Waals surface area (Å²) in [6.07, 6.45) is 2.96. The molecule has 7 heteroatoms. The van der Waals surface area contributed by atoms with Gasteiger partial charge in [-0.25, -0.2) is 15.0 Å². The van der Waals surface area contributed by atoms with Gasteiger partial charge >= 0.3 is 0 Å². The molecule has 0 atom stereocenters. The number of halogens is 1. The second kappa shape index (κ2) is 5.20. The molecule has 2 aromatic heterocycles. The van der Waals surface area contributed by atoms with E-state index in [9.17, 15) is 0 Å². The van der Waals surface area contributed by atoms with Gasteiger partial charge in [-0.05, 0) is 23.9 Å². The summed E-state index contributed by atoms with van der Waals surface area (Å²) in [4.78, 5) is 12.1. The highest BCUT2D eigenvalue weighted by molar-refractivity contribution is 7.99. The van der Waals surface area contributed by atoms with Crippen molar-refractivity contribution in [2.75, 3.05) is 12.8 Å². The Balaban J connectivity index is 2.29. The smallest absolute Gasteiger partial charge is 0.193 e. The summed E-state index contributed by atoms with van der Waals surface area (Å²) in [5, 5.41) is 1.96. The number of methoxy groups -OCH3 is 1. The Morgan fingerprint density at radius 3 is 2.76 bits per heavy atom. The first-order valence-corrected chi connectivity index (χ1v) is 5.84. The van der Waals surface area contributed by atoms with Crippen LogP contribution in [0.25, 0.3) is 0 Å². The zero-order valence-corrected chi connectivity index (χ0v) is 10.5. The summed E-state index contributed by atoms with van der Waals surface area (Å²) in [6.45, 7) is 0. The van der Waals surface area contributed by atoms with Crippen molar-refractivity contribution in [1.29, 1.82) is 0 Å². The molecular weight excluding hydrogens is 260 g/mol. The van der Waals surface area contributed by atoms with E-state index >= 15 is 0 Å². The predicted molar refractivity (Wildman–Crippen MR) is 66.4 cm³/mol. The highest BCUT2D eigenvalue weighted by Gasteiger charge is 2.11. The second-order valence-electron chi connectivity index (χ2n) is 3.01. The van der Waals surface area contributed by atoms with Crippen molar-refractivity contribution in [3.8, 4) is 5.75 Å². The first-order valence-electron chi connectivity index (χ1n) is 4.64. The van der Waals surface area contributed by atoms with Crippen molar-refractivity contribution in [2.45, 2.75) is 10.1 Å². The van der Waals surface area contributed by atoms with E-state index in [0.717, 1.165) is 5.03 Å². The Morgan fingerprint density at radius 1 is 1.29 bits per heavy atom. The highest BCUT2D eigenvalue weighted by atomic mass is 35.5. The molecule has 0 amide bonds. The lowest BCUT2D eigenvalue weighted by Crippen LogP contribution is -1.99. The first-order chi connectivity index (χ1) is 8.20. The largest absolute Gasteiger partial charge is 0.490 e. The van der Waals surface area contributed by atoms with E-state index in [2.05, 4.69) is 15.0 Å². The Hall–Kier alpha value is -1.53. The van der Waals surface area contributed by atoms with E-state index in [-0.39, 0.29) is 0 Å². The van der Waals surface area contributed by atoms with Crippen LogP contribution in [0.2, 0.25) is 5.02 Å². The van der Waals surface area contributed by atoms with Crippen LogP contribution in [0.5, 0.6) is 5.75 Å². The lowest BCUT2D eigenvalue weighted by molar-refractivity contribution is 0.401. The fourth-order valence-electron chi connectivity index (χ4n) is 1.16. The number of nitrogens with two attached hydrogens (primary N) is 1. The van der Waals surface area contributed by atoms with E-state index in [0.29, 0.717) is 21.6 Å². The predicted octanol–water partition coefficient (Wildman–Crippen LogP) is 2.27. The topological polar surface area (TPSA) is 73.9 Å². The van der Waals surface area contributed by atoms with Crippen LogP contribution >= 0.6 is 23.4 Å². The van der Waals surface area contributed by atoms with Gasteiger partial charge in [0.25, 0.3) is 0 Å². The second-order valence-corrected chi connectivity index (χ2v) is 4.46. The van der Waals surface area contributed by atoms with Gasteiger partial charge in [-0.2, -0.15) is 0 Å². The fourth-order valence-corrected chi connectivity index (χ4v) is 2.09. The third-order valence-electron chi connectivity index (χ3n) is 1.90. The number of hydrogen-bond donors (Lipinski definition) is 1. The summed E-state index contributed by atoms with van der Waals surface area (Å²) in [6, 6.07) is 3.55. The minimum absolute atomic E-state index is 0.305. The van der Waals surface area contributed by atoms with Crippen molar-refractivity contribution in [2.24, 2.45) is 0 Å². The van der Waals surface area contributed by atoms with Crippen molar-refractivity contribution in [3.05, 3.63) is 29.7 Å². The average molecular weight is 269 g/mol. The number of nitrogens with zero attached hydrogens (tertiary/aromatic N) is 3. The summed E-state index contributed by atoms with van der Waals surface area (Å²) in [5.41, 5.74) is 5.68. The average Bonchev–Trinajstić information content (AvgIpc) is 2.32. The molecule has 5 nitrogen and oxygen atoms in total. The first kappa shape index (κ1) is 11.9. The number of nitrogen functional groups attached to an aromatic ring is 1. The Labute approximate surface area is 107 Å². The van der Waals surface area contributed by atoms with Crippen LogP contribution in [0.15, 0.2) is 34.7 Å². The minimum Gasteiger partial charge on any atom is -0.490 e. The van der Waals surface area contributed by atoms with E-state index in [1.165, 1.54) is 25.2 Å². The van der Waals surface area contributed by atoms with Gasteiger partial charge in [-0.3, -0.25) is 0 Å². The van der Waals surface area contributed by atoms with Crippen molar-refractivity contribution < 1.29 is 4.74 Å². The van der Waals surface area contributed by atoms with Crippen LogP contribution in [0.1, 0.15) is 0 Å². The lowest BCUT2D eigenvalue weighted by atomic mass is 10.5. The molecule has 0 saturated carbocycles. The maximum absolute atomic E-state index is 5.76. The molecule has 0 unspecified atom stereocenters. The van der Waals surface area contributed by atoms with Crippen LogP contribution < -0.4 is 10.5 Å². The van der Waals surface area contributed by atoms with Gasteiger partial charge in [0, 0.05) is 6.20 Å². The molecule has 2 heterocycles. The molecule has 0 aliphatic rings. The molecular formula is C10H9ClN4OS. The van der Waals surface area contributed by atoms with Crippen molar-refractivity contribution in [3.63, 3.8) is 0 Å². The molecule has 2 N–H and O–H groups in total. The van der Waals surface area contributed by atoms with Gasteiger partial charge in [0.15, 0.2) is 11.6 Å². The quantitative estimate of drug-likeness (QED) is 0.861. The molecule has 0 aliphatic heterocycles. The minimum atomic E-state index is 0.305. The molecule has 0 bridgehead atoms. The standard InChI is InChI=1S/C10H9ClN4OS/c1-16-8-9(12)14-5-15-10(8)17-7-3-2-6(11)4-13-7/h2-5H,1H3,(H2,12,14,15). The zero-order valence-electron chi connectivity index (χ0n) is 8.92. The Bertz CT molecular complexity index is 520. The summed E-state index contributed by atoms with van der Waals surface area (Å²) in [7, 11) is 1.52. The van der Waals surface area contributed by atoms with Gasteiger partial charge in [-0.15, -0.1) is 0 Å². The van der Waals surface area contributed by atoms with Crippen molar-refractivity contribution >= 4 is 29.2 Å². The van der Waals surface area contributed by atoms with Crippen molar-refractivity contribution in [1.82, 2.24) is 15.0 Å². The van der Waals surface area contributed by atoms with Crippen LogP contribution in [-0.4, -0.2) is 22.1 Å². The number of ether oxygens (including phenoxy) is 1. The third-order valence-corrected chi connectivity index (χ3v) is 3.06. The van der Waals surface area contributed by atoms with Crippen LogP contribution in [0.3, 0.4) is 0 Å². The van der Waals surface area contributed by atoms with Gasteiger partial charge in [-0.1, -0.05) is 11.6 Å². The van der Waals surface area contributed by atoms with E-state index in [1.54, 1.807) is 18.3 Å². The number of pyridine rings is 1. The molecule has 0 spiro atoms. The summed E-state index contributed by atoms with van der Waals surface area (Å²) < 4.78 is 5.15. The van der Waals surface area contributed by atoms with Crippen LogP contribution in [-0.2, 0) is 0 Å². The molecule has 17 heavy (non-hydrogen) atoms. The van der Waals surface area contributed by atoms with Gasteiger partial charge < -0.3 is 10.5 Å². The molecule has 0 radical (unpaired) electrons. The van der Waals surface area contributed by atoms with Crippen LogP contribution in [0.4, 0.5) is 5.82 Å². The highest BCUT2D eigenvalue weighted by Crippen LogP contribution is 2.34. The monoisotopic (exact) mass is 268 g/mol. The maximum atomic E-state index is 5.76. The zero-order chi connectivity index (χ0) is 12.3. The number of anilines is 1. The molecule has 88 valence electrons. The Morgan fingerprint density at radius 2 is 2.12 bits per heavy atom. The molecule has 2 rings (SSSR count). The molecule has 2 aromatic rings. The van der Waals surface area contributed by atoms with Gasteiger partial charge in [0.05, 0.1) is 12.1 Å². The number of aromatic nitrogens is 3. The number of hydrogen-bond acceptors (Lipinski definition) is 6. The summed E-state index contributed by atoms with van der Waals surface area (Å²) in [5.74, 6) is 0.758. The SMILES string of the molecule is COc1c(N)ncnc1Sc1ccc(Cl)cn1. The normalized spacial score (nSPS) is 10.2.